The van der Waals surface area contributed by atoms with Crippen LogP contribution in [0.2, 0.25) is 0 Å². The Kier molecular flexibility index (Phi) is 4.01. The van der Waals surface area contributed by atoms with E-state index < -0.39 is 0 Å². The van der Waals surface area contributed by atoms with Gasteiger partial charge in [0.05, 0.1) is 12.2 Å². The van der Waals surface area contributed by atoms with Crippen LogP contribution in [0.1, 0.15) is 18.2 Å². The van der Waals surface area contributed by atoms with E-state index in [0.29, 0.717) is 0 Å². The molecule has 0 radical (unpaired) electrons. The van der Waals surface area contributed by atoms with Gasteiger partial charge in [0.25, 0.3) is 0 Å². The molecule has 0 spiro atoms. The van der Waals surface area contributed by atoms with Gasteiger partial charge in [0.2, 0.25) is 0 Å². The third kappa shape index (κ3) is 3.73. The van der Waals surface area contributed by atoms with Crippen LogP contribution in [0.15, 0.2) is 18.3 Å². The van der Waals surface area contributed by atoms with Crippen LogP contribution >= 0.6 is 0 Å². The number of nitrogens with one attached hydrogen (secondary N) is 1. The predicted octanol–water partition coefficient (Wildman–Crippen LogP) is 1.50. The van der Waals surface area contributed by atoms with Crippen LogP contribution < -0.4 is 5.32 Å². The molecule has 0 amide bonds. The molecular formula is C11H14N2. The monoisotopic (exact) mass is 174 g/mol. The number of nitrogens with zero attached hydrogens (tertiary/aromatic N) is 1. The zero-order valence-corrected chi connectivity index (χ0v) is 8.09. The minimum absolute atomic E-state index is 0.728. The lowest BCUT2D eigenvalue weighted by atomic mass is 10.2. The Labute approximate surface area is 79.4 Å². The summed E-state index contributed by atoms with van der Waals surface area (Å²) in [5.74, 6) is 5.78. The molecule has 1 aromatic heterocycles. The summed E-state index contributed by atoms with van der Waals surface area (Å²) in [6, 6.07) is 4.07. The number of hydrogen-bond donors (Lipinski definition) is 1. The summed E-state index contributed by atoms with van der Waals surface area (Å²) in [5.41, 5.74) is 2.31. The molecular weight excluding hydrogens is 160 g/mol. The van der Waals surface area contributed by atoms with E-state index in [9.17, 15) is 0 Å². The molecule has 0 saturated heterocycles. The van der Waals surface area contributed by atoms with Crippen LogP contribution in [0.5, 0.6) is 0 Å². The van der Waals surface area contributed by atoms with Gasteiger partial charge in [-0.2, -0.15) is 0 Å². The molecule has 1 aromatic rings. The minimum atomic E-state index is 0.728. The van der Waals surface area contributed by atoms with E-state index in [1.54, 1.807) is 0 Å². The molecule has 0 aromatic carbocycles. The summed E-state index contributed by atoms with van der Waals surface area (Å²) < 4.78 is 0. The van der Waals surface area contributed by atoms with Gasteiger partial charge >= 0.3 is 0 Å². The molecule has 0 atom stereocenters. The van der Waals surface area contributed by atoms with E-state index >= 15 is 0 Å². The summed E-state index contributed by atoms with van der Waals surface area (Å²) in [5, 5.41) is 3.19. The van der Waals surface area contributed by atoms with Crippen molar-refractivity contribution >= 4 is 0 Å². The quantitative estimate of drug-likeness (QED) is 0.555. The normalized spacial score (nSPS) is 9.08. The van der Waals surface area contributed by atoms with Crippen molar-refractivity contribution in [1.82, 2.24) is 10.3 Å². The van der Waals surface area contributed by atoms with Crippen LogP contribution in [0, 0.1) is 18.8 Å². The lowest BCUT2D eigenvalue weighted by molar-refractivity contribution is 0.748. The van der Waals surface area contributed by atoms with Crippen molar-refractivity contribution in [2.24, 2.45) is 0 Å². The van der Waals surface area contributed by atoms with Crippen LogP contribution in [0.4, 0.5) is 0 Å². The Morgan fingerprint density at radius 1 is 1.54 bits per heavy atom. The highest BCUT2D eigenvalue weighted by atomic mass is 14.9. The Balaban J connectivity index is 2.39. The van der Waals surface area contributed by atoms with E-state index in [-0.39, 0.29) is 0 Å². The van der Waals surface area contributed by atoms with Gasteiger partial charge in [-0.15, -0.1) is 5.92 Å². The van der Waals surface area contributed by atoms with Crippen molar-refractivity contribution in [3.05, 3.63) is 29.6 Å². The molecule has 68 valence electrons. The fourth-order valence-electron chi connectivity index (χ4n) is 1.04. The Hall–Kier alpha value is -1.33. The standard InChI is InChI=1S/C11H14N2/c1-3-4-6-12-9-11-8-10(2)5-7-13-11/h5,7-8,12H,6,9H2,1-2H3. The Bertz CT molecular complexity index is 320. The third-order valence-electron chi connectivity index (χ3n) is 1.67. The topological polar surface area (TPSA) is 24.9 Å². The van der Waals surface area contributed by atoms with Crippen LogP contribution in [-0.4, -0.2) is 11.5 Å². The summed E-state index contributed by atoms with van der Waals surface area (Å²) >= 11 is 0. The summed E-state index contributed by atoms with van der Waals surface area (Å²) in [4.78, 5) is 4.23. The zero-order valence-electron chi connectivity index (χ0n) is 8.09. The molecule has 1 N–H and O–H groups in total. The zero-order chi connectivity index (χ0) is 9.52. The SMILES string of the molecule is CC#CCNCc1cc(C)ccn1. The second-order valence-corrected chi connectivity index (χ2v) is 2.85. The first kappa shape index (κ1) is 9.76. The highest BCUT2D eigenvalue weighted by Gasteiger charge is 1.92. The average Bonchev–Trinajstić information content (AvgIpc) is 2.13. The van der Waals surface area contributed by atoms with Gasteiger partial charge in [0, 0.05) is 12.7 Å². The molecule has 0 fully saturated rings. The molecule has 2 heteroatoms. The Morgan fingerprint density at radius 3 is 3.08 bits per heavy atom. The first-order valence-corrected chi connectivity index (χ1v) is 4.35. The van der Waals surface area contributed by atoms with Gasteiger partial charge in [-0.3, -0.25) is 4.98 Å². The van der Waals surface area contributed by atoms with Crippen molar-refractivity contribution in [2.45, 2.75) is 20.4 Å². The molecule has 0 aliphatic carbocycles. The molecule has 1 rings (SSSR count). The molecule has 0 bridgehead atoms. The van der Waals surface area contributed by atoms with Crippen LogP contribution in [-0.2, 0) is 6.54 Å². The van der Waals surface area contributed by atoms with E-state index in [1.807, 2.05) is 19.2 Å². The maximum Gasteiger partial charge on any atom is 0.0579 e. The van der Waals surface area contributed by atoms with Gasteiger partial charge in [0.1, 0.15) is 0 Å². The highest BCUT2D eigenvalue weighted by Crippen LogP contribution is 1.98. The van der Waals surface area contributed by atoms with Gasteiger partial charge < -0.3 is 5.32 Å². The number of hydrogen-bond acceptors (Lipinski definition) is 2. The second-order valence-electron chi connectivity index (χ2n) is 2.85. The van der Waals surface area contributed by atoms with Crippen molar-refractivity contribution in [2.75, 3.05) is 6.54 Å². The maximum atomic E-state index is 4.23. The van der Waals surface area contributed by atoms with Gasteiger partial charge in [0.15, 0.2) is 0 Å². The fraction of sp³-hybridized carbons (Fsp3) is 0.364. The number of rotatable bonds is 3. The molecule has 0 aliphatic heterocycles. The summed E-state index contributed by atoms with van der Waals surface area (Å²) in [6.45, 7) is 5.42. The lowest BCUT2D eigenvalue weighted by Crippen LogP contribution is -2.14. The van der Waals surface area contributed by atoms with Crippen molar-refractivity contribution in [1.29, 1.82) is 0 Å². The van der Waals surface area contributed by atoms with Gasteiger partial charge in [-0.05, 0) is 31.5 Å². The molecule has 13 heavy (non-hydrogen) atoms. The van der Waals surface area contributed by atoms with Crippen molar-refractivity contribution in [3.63, 3.8) is 0 Å². The first-order valence-electron chi connectivity index (χ1n) is 4.35. The van der Waals surface area contributed by atoms with Crippen molar-refractivity contribution in [3.8, 4) is 11.8 Å². The number of aromatic nitrogens is 1. The molecule has 2 nitrogen and oxygen atoms in total. The average molecular weight is 174 g/mol. The van der Waals surface area contributed by atoms with Crippen LogP contribution in [0.3, 0.4) is 0 Å². The van der Waals surface area contributed by atoms with E-state index in [0.717, 1.165) is 18.8 Å². The largest absolute Gasteiger partial charge is 0.301 e. The van der Waals surface area contributed by atoms with Gasteiger partial charge in [-0.25, -0.2) is 0 Å². The van der Waals surface area contributed by atoms with Gasteiger partial charge in [-0.1, -0.05) is 5.92 Å². The lowest BCUT2D eigenvalue weighted by Gasteiger charge is -2.00. The number of aryl methyl sites for hydroxylation is 1. The summed E-state index contributed by atoms with van der Waals surface area (Å²) in [7, 11) is 0. The molecule has 1 heterocycles. The first-order chi connectivity index (χ1) is 6.33. The second kappa shape index (κ2) is 5.34. The fourth-order valence-corrected chi connectivity index (χ4v) is 1.04. The third-order valence-corrected chi connectivity index (χ3v) is 1.67. The maximum absolute atomic E-state index is 4.23. The summed E-state index contributed by atoms with van der Waals surface area (Å²) in [6.07, 6.45) is 1.83. The van der Waals surface area contributed by atoms with E-state index in [1.165, 1.54) is 5.56 Å². The van der Waals surface area contributed by atoms with E-state index in [4.69, 9.17) is 0 Å². The number of pyridine rings is 1. The highest BCUT2D eigenvalue weighted by molar-refractivity contribution is 5.14. The van der Waals surface area contributed by atoms with E-state index in [2.05, 4.69) is 35.1 Å². The van der Waals surface area contributed by atoms with Crippen molar-refractivity contribution < 1.29 is 0 Å². The smallest absolute Gasteiger partial charge is 0.0579 e. The molecule has 0 saturated carbocycles. The minimum Gasteiger partial charge on any atom is -0.301 e. The Morgan fingerprint density at radius 2 is 2.38 bits per heavy atom. The molecule has 0 aliphatic rings. The predicted molar refractivity (Wildman–Crippen MR) is 54.1 cm³/mol. The molecule has 0 unspecified atom stereocenters. The van der Waals surface area contributed by atoms with Crippen LogP contribution in [0.25, 0.3) is 0 Å².